The highest BCUT2D eigenvalue weighted by Crippen LogP contribution is 2.14. The molecule has 1 aromatic heterocycles. The molecule has 0 amide bonds. The highest BCUT2D eigenvalue weighted by Gasteiger charge is 2.29. The van der Waals surface area contributed by atoms with Crippen LogP contribution in [0.5, 0.6) is 0 Å². The summed E-state index contributed by atoms with van der Waals surface area (Å²) in [5.41, 5.74) is -0.634. The van der Waals surface area contributed by atoms with E-state index >= 15 is 0 Å². The highest BCUT2D eigenvalue weighted by atomic mass is 32.2. The summed E-state index contributed by atoms with van der Waals surface area (Å²) in [5.74, 6) is -0.145. The summed E-state index contributed by atoms with van der Waals surface area (Å²) in [6.45, 7) is 0. The first-order valence-electron chi connectivity index (χ1n) is 5.70. The summed E-state index contributed by atoms with van der Waals surface area (Å²) >= 11 is 0. The van der Waals surface area contributed by atoms with Gasteiger partial charge in [0, 0.05) is 24.5 Å². The maximum Gasteiger partial charge on any atom is 0.246 e. The van der Waals surface area contributed by atoms with Crippen LogP contribution >= 0.6 is 0 Å². The van der Waals surface area contributed by atoms with Crippen LogP contribution in [-0.2, 0) is 19.9 Å². The number of hydrogen-bond acceptors (Lipinski definition) is 5. The van der Waals surface area contributed by atoms with Crippen molar-refractivity contribution in [2.45, 2.75) is 23.8 Å². The van der Waals surface area contributed by atoms with Crippen LogP contribution in [0.2, 0.25) is 0 Å². The lowest BCUT2D eigenvalue weighted by Gasteiger charge is -2.22. The van der Waals surface area contributed by atoms with E-state index < -0.39 is 36.2 Å². The first-order chi connectivity index (χ1) is 8.80. The van der Waals surface area contributed by atoms with Gasteiger partial charge in [0.1, 0.15) is 4.90 Å². The molecule has 106 valence electrons. The third-order valence-corrected chi connectivity index (χ3v) is 6.23. The maximum atomic E-state index is 12.0. The Bertz CT molecular complexity index is 720. The van der Waals surface area contributed by atoms with Gasteiger partial charge in [0.25, 0.3) is 0 Å². The largest absolute Gasteiger partial charge is 0.366 e. The van der Waals surface area contributed by atoms with Gasteiger partial charge >= 0.3 is 0 Å². The van der Waals surface area contributed by atoms with Gasteiger partial charge in [-0.15, -0.1) is 0 Å². The van der Waals surface area contributed by atoms with Crippen LogP contribution in [0.3, 0.4) is 0 Å². The Hall–Kier alpha value is -1.19. The fraction of sp³-hybridized carbons (Fsp3) is 0.500. The first-order valence-corrected chi connectivity index (χ1v) is 9.00. The van der Waals surface area contributed by atoms with Crippen molar-refractivity contribution in [1.29, 1.82) is 0 Å². The van der Waals surface area contributed by atoms with Gasteiger partial charge in [-0.2, -0.15) is 0 Å². The zero-order valence-corrected chi connectivity index (χ0v) is 11.6. The van der Waals surface area contributed by atoms with E-state index in [-0.39, 0.29) is 11.5 Å². The highest BCUT2D eigenvalue weighted by molar-refractivity contribution is 7.91. The van der Waals surface area contributed by atoms with Gasteiger partial charge in [0.2, 0.25) is 15.5 Å². The van der Waals surface area contributed by atoms with Gasteiger partial charge in [-0.1, -0.05) is 0 Å². The molecule has 19 heavy (non-hydrogen) atoms. The molecule has 1 aliphatic rings. The number of aromatic nitrogens is 1. The van der Waals surface area contributed by atoms with Crippen molar-refractivity contribution >= 4 is 19.9 Å². The predicted octanol–water partition coefficient (Wildman–Crippen LogP) is -0.770. The molecule has 2 N–H and O–H groups in total. The SMILES string of the molecule is O=c1cc[nH]cc1S(=O)(=O)NC1CCCS(=O)(=O)C1. The molecule has 1 fully saturated rings. The number of H-pyrrole nitrogens is 1. The van der Waals surface area contributed by atoms with Gasteiger partial charge in [-0.05, 0) is 12.8 Å². The third kappa shape index (κ3) is 3.43. The monoisotopic (exact) mass is 306 g/mol. The molecule has 0 radical (unpaired) electrons. The lowest BCUT2D eigenvalue weighted by Crippen LogP contribution is -2.44. The Kier molecular flexibility index (Phi) is 3.79. The van der Waals surface area contributed by atoms with Gasteiger partial charge in [0.15, 0.2) is 9.84 Å². The van der Waals surface area contributed by atoms with E-state index in [1.807, 2.05) is 0 Å². The van der Waals surface area contributed by atoms with E-state index in [4.69, 9.17) is 0 Å². The van der Waals surface area contributed by atoms with Gasteiger partial charge in [0.05, 0.1) is 11.5 Å². The van der Waals surface area contributed by atoms with E-state index in [9.17, 15) is 21.6 Å². The fourth-order valence-corrected chi connectivity index (χ4v) is 5.07. The lowest BCUT2D eigenvalue weighted by molar-refractivity contribution is 0.517. The van der Waals surface area contributed by atoms with E-state index in [2.05, 4.69) is 9.71 Å². The van der Waals surface area contributed by atoms with E-state index in [0.717, 1.165) is 12.3 Å². The van der Waals surface area contributed by atoms with Gasteiger partial charge < -0.3 is 4.98 Å². The third-order valence-electron chi connectivity index (χ3n) is 2.86. The summed E-state index contributed by atoms with van der Waals surface area (Å²) in [6.07, 6.45) is 3.28. The van der Waals surface area contributed by atoms with Crippen LogP contribution in [0.25, 0.3) is 0 Å². The summed E-state index contributed by atoms with van der Waals surface area (Å²) in [4.78, 5) is 13.6. The van der Waals surface area contributed by atoms with Crippen molar-refractivity contribution in [2.24, 2.45) is 0 Å². The first kappa shape index (κ1) is 14.2. The van der Waals surface area contributed by atoms with Crippen molar-refractivity contribution in [1.82, 2.24) is 9.71 Å². The number of nitrogens with one attached hydrogen (secondary N) is 2. The molecule has 1 unspecified atom stereocenters. The van der Waals surface area contributed by atoms with Crippen molar-refractivity contribution in [2.75, 3.05) is 11.5 Å². The fourth-order valence-electron chi connectivity index (χ4n) is 2.01. The Morgan fingerprint density at radius 2 is 2.11 bits per heavy atom. The Morgan fingerprint density at radius 1 is 1.37 bits per heavy atom. The minimum atomic E-state index is -4.00. The maximum absolute atomic E-state index is 12.0. The molecule has 1 aliphatic heterocycles. The normalized spacial score (nSPS) is 23.1. The average molecular weight is 306 g/mol. The lowest BCUT2D eigenvalue weighted by atomic mass is 10.2. The minimum absolute atomic E-state index is 0.0805. The van der Waals surface area contributed by atoms with Crippen molar-refractivity contribution in [3.05, 3.63) is 28.7 Å². The van der Waals surface area contributed by atoms with Crippen molar-refractivity contribution < 1.29 is 16.8 Å². The summed E-state index contributed by atoms with van der Waals surface area (Å²) in [6, 6.07) is 0.426. The van der Waals surface area contributed by atoms with E-state index in [1.165, 1.54) is 6.20 Å². The van der Waals surface area contributed by atoms with Crippen LogP contribution in [-0.4, -0.2) is 39.4 Å². The molecule has 0 spiro atoms. The van der Waals surface area contributed by atoms with Gasteiger partial charge in [-0.25, -0.2) is 21.6 Å². The molecule has 2 rings (SSSR count). The summed E-state index contributed by atoms with van der Waals surface area (Å²) in [5, 5.41) is 0. The number of rotatable bonds is 3. The second kappa shape index (κ2) is 5.06. The summed E-state index contributed by atoms with van der Waals surface area (Å²) < 4.78 is 49.2. The Balaban J connectivity index is 2.23. The van der Waals surface area contributed by atoms with E-state index in [0.29, 0.717) is 12.8 Å². The molecule has 0 bridgehead atoms. The molecule has 0 aromatic carbocycles. The molecular weight excluding hydrogens is 292 g/mol. The second-order valence-corrected chi connectivity index (χ2v) is 8.36. The molecule has 7 nitrogen and oxygen atoms in total. The topological polar surface area (TPSA) is 113 Å². The van der Waals surface area contributed by atoms with Crippen LogP contribution < -0.4 is 10.2 Å². The van der Waals surface area contributed by atoms with Crippen molar-refractivity contribution in [3.8, 4) is 0 Å². The molecular formula is C10H14N2O5S2. The van der Waals surface area contributed by atoms with E-state index in [1.54, 1.807) is 0 Å². The van der Waals surface area contributed by atoms with Crippen LogP contribution in [0, 0.1) is 0 Å². The Labute approximate surface area is 111 Å². The van der Waals surface area contributed by atoms with Crippen LogP contribution in [0.15, 0.2) is 28.2 Å². The number of aromatic amines is 1. The van der Waals surface area contributed by atoms with Crippen LogP contribution in [0.4, 0.5) is 0 Å². The summed E-state index contributed by atoms with van der Waals surface area (Å²) in [7, 11) is -7.21. The second-order valence-electron chi connectivity index (χ2n) is 4.45. The standard InChI is InChI=1S/C10H14N2O5S2/c13-9-3-4-11-6-10(9)19(16,17)12-8-2-1-5-18(14,15)7-8/h3-4,6,8,12H,1-2,5,7H2,(H,11,13). The molecule has 0 aliphatic carbocycles. The zero-order chi connectivity index (χ0) is 14.1. The molecule has 2 heterocycles. The zero-order valence-electron chi connectivity index (χ0n) is 10.00. The van der Waals surface area contributed by atoms with Crippen LogP contribution in [0.1, 0.15) is 12.8 Å². The molecule has 1 saturated heterocycles. The number of pyridine rings is 1. The predicted molar refractivity (Wildman–Crippen MR) is 69.1 cm³/mol. The molecule has 1 aromatic rings. The number of hydrogen-bond donors (Lipinski definition) is 2. The smallest absolute Gasteiger partial charge is 0.246 e. The van der Waals surface area contributed by atoms with Crippen molar-refractivity contribution in [3.63, 3.8) is 0 Å². The number of sulfone groups is 1. The minimum Gasteiger partial charge on any atom is -0.366 e. The Morgan fingerprint density at radius 3 is 2.74 bits per heavy atom. The molecule has 0 saturated carbocycles. The number of sulfonamides is 1. The molecule has 9 heteroatoms. The molecule has 1 atom stereocenters. The quantitative estimate of drug-likeness (QED) is 0.761. The van der Waals surface area contributed by atoms with Gasteiger partial charge in [-0.3, -0.25) is 4.79 Å². The average Bonchev–Trinajstić information content (AvgIpc) is 2.27.